The van der Waals surface area contributed by atoms with Crippen molar-refractivity contribution in [3.8, 4) is 0 Å². The predicted molar refractivity (Wildman–Crippen MR) is 140 cm³/mol. The van der Waals surface area contributed by atoms with Crippen LogP contribution in [0.4, 0.5) is 0 Å². The van der Waals surface area contributed by atoms with E-state index in [2.05, 4.69) is 30.1 Å². The normalized spacial score (nSPS) is 16.9. The number of thioether (sulfide) groups is 1. The summed E-state index contributed by atoms with van der Waals surface area (Å²) >= 11 is 1.47. The molecule has 2 heterocycles. The lowest BCUT2D eigenvalue weighted by molar-refractivity contribution is -0.138. The smallest absolute Gasteiger partial charge is 0.338 e. The summed E-state index contributed by atoms with van der Waals surface area (Å²) in [6.45, 7) is 10.1. The zero-order chi connectivity index (χ0) is 24.9. The van der Waals surface area contributed by atoms with E-state index >= 15 is 0 Å². The van der Waals surface area contributed by atoms with Gasteiger partial charge in [0.15, 0.2) is 5.17 Å². The highest BCUT2D eigenvalue weighted by molar-refractivity contribution is 8.16. The minimum absolute atomic E-state index is 0.0938. The van der Waals surface area contributed by atoms with E-state index < -0.39 is 12.0 Å². The average Bonchev–Trinajstić information content (AvgIpc) is 3.24. The van der Waals surface area contributed by atoms with E-state index in [1.165, 1.54) is 11.8 Å². The van der Waals surface area contributed by atoms with Gasteiger partial charge in [0.2, 0.25) is 5.91 Å². The summed E-state index contributed by atoms with van der Waals surface area (Å²) in [5, 5.41) is 5.70. The van der Waals surface area contributed by atoms with E-state index in [4.69, 9.17) is 9.73 Å². The molecule has 1 unspecified atom stereocenters. The number of rotatable bonds is 8. The van der Waals surface area contributed by atoms with E-state index in [0.717, 1.165) is 33.1 Å². The molecule has 0 saturated heterocycles. The van der Waals surface area contributed by atoms with Gasteiger partial charge in [-0.15, -0.1) is 0 Å². The van der Waals surface area contributed by atoms with E-state index in [9.17, 15) is 9.59 Å². The Hall–Kier alpha value is -3.58. The maximum atomic E-state index is 13.2. The van der Waals surface area contributed by atoms with Crippen LogP contribution in [0.15, 0.2) is 88.6 Å². The molecule has 1 atom stereocenters. The molecule has 6 nitrogen and oxygen atoms in total. The Morgan fingerprint density at radius 2 is 1.94 bits per heavy atom. The number of carbonyl (C=O) groups excluding carboxylic acids is 2. The second-order valence-electron chi connectivity index (χ2n) is 8.58. The minimum Gasteiger partial charge on any atom is -0.458 e. The van der Waals surface area contributed by atoms with Gasteiger partial charge in [-0.05, 0) is 42.9 Å². The van der Waals surface area contributed by atoms with Crippen molar-refractivity contribution < 1.29 is 14.3 Å². The summed E-state index contributed by atoms with van der Waals surface area (Å²) < 4.78 is 5.46. The molecule has 2 aromatic carbocycles. The summed E-state index contributed by atoms with van der Waals surface area (Å²) in [7, 11) is 0. The molecule has 0 aromatic heterocycles. The summed E-state index contributed by atoms with van der Waals surface area (Å²) in [4.78, 5) is 32.8. The molecule has 7 heteroatoms. The monoisotopic (exact) mass is 487 g/mol. The number of esters is 1. The van der Waals surface area contributed by atoms with Gasteiger partial charge in [0.25, 0.3) is 0 Å². The van der Waals surface area contributed by atoms with Gasteiger partial charge in [0, 0.05) is 12.2 Å². The summed E-state index contributed by atoms with van der Waals surface area (Å²) in [6.07, 6.45) is 1.72. The molecule has 2 aliphatic heterocycles. The van der Waals surface area contributed by atoms with Crippen molar-refractivity contribution in [2.45, 2.75) is 39.8 Å². The zero-order valence-corrected chi connectivity index (χ0v) is 21.0. The quantitative estimate of drug-likeness (QED) is 0.403. The standard InChI is InChI=1S/C28H29N3O3S/c1-5-13-34-27(33)25-20(4)30-28-31(26(25)23-14-18(2)11-12-19(23)3)22(17-35-28)15-24(32)29-16-21-9-7-6-8-10-21/h5-12,14,17,26H,1,13,15-16H2,2-4H3,(H,29,32). The van der Waals surface area contributed by atoms with Crippen LogP contribution in [0.2, 0.25) is 0 Å². The molecule has 0 saturated carbocycles. The molecule has 35 heavy (non-hydrogen) atoms. The average molecular weight is 488 g/mol. The van der Waals surface area contributed by atoms with Crippen LogP contribution in [-0.2, 0) is 20.9 Å². The Morgan fingerprint density at radius 1 is 1.17 bits per heavy atom. The molecule has 1 N–H and O–H groups in total. The molecule has 0 radical (unpaired) electrons. The fourth-order valence-corrected chi connectivity index (χ4v) is 5.18. The van der Waals surface area contributed by atoms with Crippen molar-refractivity contribution in [1.82, 2.24) is 10.2 Å². The number of carbonyl (C=O) groups is 2. The lowest BCUT2D eigenvalue weighted by Gasteiger charge is -2.37. The summed E-state index contributed by atoms with van der Waals surface area (Å²) in [6, 6.07) is 15.6. The van der Waals surface area contributed by atoms with Crippen molar-refractivity contribution in [2.75, 3.05) is 6.61 Å². The van der Waals surface area contributed by atoms with Crippen LogP contribution >= 0.6 is 11.8 Å². The van der Waals surface area contributed by atoms with Gasteiger partial charge in [-0.3, -0.25) is 4.79 Å². The second kappa shape index (κ2) is 10.8. The number of allylic oxidation sites excluding steroid dienone is 1. The highest BCUT2D eigenvalue weighted by atomic mass is 32.2. The van der Waals surface area contributed by atoms with Crippen LogP contribution in [0.3, 0.4) is 0 Å². The summed E-state index contributed by atoms with van der Waals surface area (Å²) in [5.41, 5.74) is 6.05. The number of nitrogens with one attached hydrogen (secondary N) is 1. The topological polar surface area (TPSA) is 71.0 Å². The fourth-order valence-electron chi connectivity index (χ4n) is 4.22. The Bertz CT molecular complexity index is 1250. The lowest BCUT2D eigenvalue weighted by atomic mass is 9.90. The highest BCUT2D eigenvalue weighted by Crippen LogP contribution is 2.45. The van der Waals surface area contributed by atoms with Gasteiger partial charge >= 0.3 is 5.97 Å². The molecule has 0 fully saturated rings. The van der Waals surface area contributed by atoms with Crippen LogP contribution in [0, 0.1) is 13.8 Å². The molecule has 0 spiro atoms. The molecule has 0 aliphatic carbocycles. The highest BCUT2D eigenvalue weighted by Gasteiger charge is 2.41. The van der Waals surface area contributed by atoms with Crippen LogP contribution < -0.4 is 5.32 Å². The minimum atomic E-state index is -0.442. The number of ether oxygens (including phenoxy) is 1. The molecule has 0 bridgehead atoms. The van der Waals surface area contributed by atoms with Crippen LogP contribution in [0.25, 0.3) is 0 Å². The van der Waals surface area contributed by atoms with Gasteiger partial charge in [0.1, 0.15) is 6.61 Å². The lowest BCUT2D eigenvalue weighted by Crippen LogP contribution is -2.38. The number of benzene rings is 2. The fraction of sp³-hybridized carbons (Fsp3) is 0.250. The molecule has 1 amide bonds. The number of aliphatic imine (C=N–C) groups is 1. The maximum absolute atomic E-state index is 13.2. The van der Waals surface area contributed by atoms with Crippen molar-refractivity contribution >= 4 is 28.8 Å². The van der Waals surface area contributed by atoms with E-state index in [0.29, 0.717) is 17.8 Å². The first-order valence-corrected chi connectivity index (χ1v) is 12.4. The first-order valence-electron chi connectivity index (χ1n) is 11.5. The number of amides is 1. The van der Waals surface area contributed by atoms with E-state index in [1.807, 2.05) is 61.4 Å². The third-order valence-corrected chi connectivity index (χ3v) is 6.85. The molecule has 2 aliphatic rings. The number of hydrogen-bond donors (Lipinski definition) is 1. The van der Waals surface area contributed by atoms with E-state index in [-0.39, 0.29) is 18.9 Å². The van der Waals surface area contributed by atoms with Gasteiger partial charge in [-0.2, -0.15) is 0 Å². The van der Waals surface area contributed by atoms with Gasteiger partial charge < -0.3 is 15.0 Å². The number of amidine groups is 1. The van der Waals surface area contributed by atoms with Gasteiger partial charge in [0.05, 0.1) is 23.7 Å². The third-order valence-electron chi connectivity index (χ3n) is 5.96. The number of fused-ring (bicyclic) bond motifs is 1. The SMILES string of the molecule is C=CCOC(=O)C1=C(C)N=C2SC=C(CC(=O)NCc3ccccc3)N2C1c1cc(C)ccc1C. The van der Waals surface area contributed by atoms with Crippen molar-refractivity contribution in [3.63, 3.8) is 0 Å². The number of hydrogen-bond acceptors (Lipinski definition) is 6. The zero-order valence-electron chi connectivity index (χ0n) is 20.2. The van der Waals surface area contributed by atoms with Crippen LogP contribution in [0.5, 0.6) is 0 Å². The molecular formula is C28H29N3O3S. The Morgan fingerprint density at radius 3 is 2.69 bits per heavy atom. The van der Waals surface area contributed by atoms with E-state index in [1.54, 1.807) is 6.08 Å². The van der Waals surface area contributed by atoms with Crippen LogP contribution in [-0.4, -0.2) is 28.6 Å². The maximum Gasteiger partial charge on any atom is 0.338 e. The summed E-state index contributed by atoms with van der Waals surface area (Å²) in [5.74, 6) is -0.524. The Balaban J connectivity index is 1.65. The third kappa shape index (κ3) is 5.41. The Kier molecular flexibility index (Phi) is 7.56. The van der Waals surface area contributed by atoms with Crippen molar-refractivity contribution in [3.05, 3.63) is 106 Å². The van der Waals surface area contributed by atoms with Crippen molar-refractivity contribution in [1.29, 1.82) is 0 Å². The molecule has 180 valence electrons. The first kappa shape index (κ1) is 24.5. The Labute approximate surface area is 210 Å². The predicted octanol–water partition coefficient (Wildman–Crippen LogP) is 5.31. The molecule has 2 aromatic rings. The van der Waals surface area contributed by atoms with Crippen LogP contribution in [0.1, 0.15) is 41.6 Å². The number of nitrogens with zero attached hydrogens (tertiary/aromatic N) is 2. The van der Waals surface area contributed by atoms with Gasteiger partial charge in [-0.25, -0.2) is 9.79 Å². The molecule has 4 rings (SSSR count). The van der Waals surface area contributed by atoms with Crippen molar-refractivity contribution in [2.24, 2.45) is 4.99 Å². The number of aryl methyl sites for hydroxylation is 2. The first-order chi connectivity index (χ1) is 16.9. The largest absolute Gasteiger partial charge is 0.458 e. The molecular weight excluding hydrogens is 458 g/mol. The second-order valence-corrected chi connectivity index (χ2v) is 9.42. The van der Waals surface area contributed by atoms with Gasteiger partial charge in [-0.1, -0.05) is 78.5 Å².